The molecule has 0 unspecified atom stereocenters. The fourth-order valence-corrected chi connectivity index (χ4v) is 1.13. The molecule has 0 saturated carbocycles. The number of hydrogen-bond acceptors (Lipinski definition) is 4. The highest BCUT2D eigenvalue weighted by Gasteiger charge is 2.14. The Morgan fingerprint density at radius 3 is 2.73 bits per heavy atom. The van der Waals surface area contributed by atoms with E-state index in [0.717, 1.165) is 0 Å². The van der Waals surface area contributed by atoms with Gasteiger partial charge in [0, 0.05) is 12.0 Å². The van der Waals surface area contributed by atoms with Crippen molar-refractivity contribution in [3.63, 3.8) is 0 Å². The molecule has 0 aromatic heterocycles. The van der Waals surface area contributed by atoms with Crippen molar-refractivity contribution in [2.24, 2.45) is 0 Å². The summed E-state index contributed by atoms with van der Waals surface area (Å²) in [5.74, 6) is 4.61. The van der Waals surface area contributed by atoms with Crippen LogP contribution in [0.3, 0.4) is 0 Å². The molecule has 15 heavy (non-hydrogen) atoms. The third-order valence-electron chi connectivity index (χ3n) is 1.75. The summed E-state index contributed by atoms with van der Waals surface area (Å²) in [6.07, 6.45) is 0. The summed E-state index contributed by atoms with van der Waals surface area (Å²) >= 11 is 0. The van der Waals surface area contributed by atoms with Crippen LogP contribution in [0.5, 0.6) is 0 Å². The maximum absolute atomic E-state index is 10.6. The predicted molar refractivity (Wildman–Crippen MR) is 54.7 cm³/mol. The molecule has 5 heteroatoms. The van der Waals surface area contributed by atoms with Gasteiger partial charge in [0.05, 0.1) is 10.5 Å². The van der Waals surface area contributed by atoms with E-state index in [-0.39, 0.29) is 11.4 Å². The number of nitriles is 1. The van der Waals surface area contributed by atoms with Crippen molar-refractivity contribution < 1.29 is 4.92 Å². The molecule has 74 valence electrons. The molecule has 0 atom stereocenters. The average molecular weight is 201 g/mol. The molecule has 0 fully saturated rings. The van der Waals surface area contributed by atoms with E-state index in [9.17, 15) is 10.1 Å². The number of anilines is 1. The standard InChI is InChI=1S/C10H7N3O2/c1-7-5-8(3-2-4-11)10(12)9(6-7)13(14)15/h5-6H,12H2,1H3. The lowest BCUT2D eigenvalue weighted by atomic mass is 10.1. The van der Waals surface area contributed by atoms with Gasteiger partial charge in [0.25, 0.3) is 5.69 Å². The molecular formula is C10H7N3O2. The molecule has 0 radical (unpaired) electrons. The van der Waals surface area contributed by atoms with Crippen molar-refractivity contribution in [3.8, 4) is 17.9 Å². The lowest BCUT2D eigenvalue weighted by Gasteiger charge is -2.01. The average Bonchev–Trinajstić information content (AvgIpc) is 2.18. The first-order chi connectivity index (χ1) is 7.06. The van der Waals surface area contributed by atoms with Crippen LogP contribution < -0.4 is 5.73 Å². The van der Waals surface area contributed by atoms with Crippen molar-refractivity contribution in [2.75, 3.05) is 5.73 Å². The number of nitrogen functional groups attached to an aromatic ring is 1. The van der Waals surface area contributed by atoms with Crippen LogP contribution in [-0.4, -0.2) is 4.92 Å². The molecule has 0 amide bonds. The maximum atomic E-state index is 10.6. The first-order valence-electron chi connectivity index (χ1n) is 4.01. The van der Waals surface area contributed by atoms with Gasteiger partial charge in [-0.25, -0.2) is 0 Å². The molecule has 0 bridgehead atoms. The van der Waals surface area contributed by atoms with Crippen LogP contribution in [0.15, 0.2) is 12.1 Å². The Bertz CT molecular complexity index is 518. The van der Waals surface area contributed by atoms with Crippen molar-refractivity contribution in [1.29, 1.82) is 5.26 Å². The van der Waals surface area contributed by atoms with Crippen LogP contribution in [0, 0.1) is 40.2 Å². The smallest absolute Gasteiger partial charge is 0.293 e. The highest BCUT2D eigenvalue weighted by atomic mass is 16.6. The van der Waals surface area contributed by atoms with Gasteiger partial charge in [-0.05, 0) is 24.5 Å². The lowest BCUT2D eigenvalue weighted by molar-refractivity contribution is -0.383. The van der Waals surface area contributed by atoms with Gasteiger partial charge in [-0.2, -0.15) is 5.26 Å². The van der Waals surface area contributed by atoms with Crippen LogP contribution in [0.2, 0.25) is 0 Å². The predicted octanol–water partition coefficient (Wildman–Crippen LogP) is 1.36. The summed E-state index contributed by atoms with van der Waals surface area (Å²) in [5.41, 5.74) is 6.34. The lowest BCUT2D eigenvalue weighted by Crippen LogP contribution is -1.99. The van der Waals surface area contributed by atoms with E-state index in [0.29, 0.717) is 11.1 Å². The van der Waals surface area contributed by atoms with Gasteiger partial charge in [-0.3, -0.25) is 10.1 Å². The van der Waals surface area contributed by atoms with Crippen LogP contribution in [0.4, 0.5) is 11.4 Å². The van der Waals surface area contributed by atoms with Crippen molar-refractivity contribution in [3.05, 3.63) is 33.4 Å². The van der Waals surface area contributed by atoms with E-state index in [1.807, 2.05) is 0 Å². The zero-order valence-corrected chi connectivity index (χ0v) is 7.94. The molecular weight excluding hydrogens is 194 g/mol. The third kappa shape index (κ3) is 2.23. The quantitative estimate of drug-likeness (QED) is 0.321. The maximum Gasteiger partial charge on any atom is 0.293 e. The number of rotatable bonds is 1. The summed E-state index contributed by atoms with van der Waals surface area (Å²) in [6.45, 7) is 1.70. The van der Waals surface area contributed by atoms with Crippen LogP contribution in [0.25, 0.3) is 0 Å². The summed E-state index contributed by atoms with van der Waals surface area (Å²) in [6, 6.07) is 4.60. The molecule has 1 rings (SSSR count). The van der Waals surface area contributed by atoms with Gasteiger partial charge in [-0.1, -0.05) is 0 Å². The van der Waals surface area contributed by atoms with Crippen LogP contribution in [-0.2, 0) is 0 Å². The molecule has 0 aliphatic heterocycles. The van der Waals surface area contributed by atoms with Crippen molar-refractivity contribution in [1.82, 2.24) is 0 Å². The van der Waals surface area contributed by atoms with Gasteiger partial charge in [0.1, 0.15) is 5.69 Å². The molecule has 0 aliphatic rings. The molecule has 5 nitrogen and oxygen atoms in total. The fraction of sp³-hybridized carbons (Fsp3) is 0.100. The zero-order valence-electron chi connectivity index (χ0n) is 7.94. The van der Waals surface area contributed by atoms with E-state index in [4.69, 9.17) is 11.0 Å². The molecule has 0 aliphatic carbocycles. The molecule has 2 N–H and O–H groups in total. The molecule has 0 spiro atoms. The summed E-state index contributed by atoms with van der Waals surface area (Å²) in [4.78, 5) is 10.0. The molecule has 1 aromatic rings. The third-order valence-corrected chi connectivity index (χ3v) is 1.75. The van der Waals surface area contributed by atoms with Crippen LogP contribution >= 0.6 is 0 Å². The number of aryl methyl sites for hydroxylation is 1. The fourth-order valence-electron chi connectivity index (χ4n) is 1.13. The summed E-state index contributed by atoms with van der Waals surface area (Å²) in [5, 5.41) is 18.9. The van der Waals surface area contributed by atoms with E-state index in [1.54, 1.807) is 19.1 Å². The van der Waals surface area contributed by atoms with Gasteiger partial charge in [0.2, 0.25) is 0 Å². The number of nitro groups is 1. The first-order valence-corrected chi connectivity index (χ1v) is 4.01. The summed E-state index contributed by atoms with van der Waals surface area (Å²) < 4.78 is 0. The Labute approximate surface area is 86.3 Å². The topological polar surface area (TPSA) is 93.0 Å². The van der Waals surface area contributed by atoms with E-state index in [2.05, 4.69) is 11.8 Å². The van der Waals surface area contributed by atoms with Gasteiger partial charge in [-0.15, -0.1) is 0 Å². The highest BCUT2D eigenvalue weighted by molar-refractivity contribution is 5.69. The highest BCUT2D eigenvalue weighted by Crippen LogP contribution is 2.26. The van der Waals surface area contributed by atoms with E-state index >= 15 is 0 Å². The van der Waals surface area contributed by atoms with Gasteiger partial charge < -0.3 is 5.73 Å². The van der Waals surface area contributed by atoms with Gasteiger partial charge in [0.15, 0.2) is 6.07 Å². The monoisotopic (exact) mass is 201 g/mol. The Hall–Kier alpha value is -2.53. The van der Waals surface area contributed by atoms with Gasteiger partial charge >= 0.3 is 0 Å². The van der Waals surface area contributed by atoms with Crippen molar-refractivity contribution >= 4 is 11.4 Å². The second kappa shape index (κ2) is 4.12. The minimum atomic E-state index is -0.570. The largest absolute Gasteiger partial charge is 0.392 e. The minimum absolute atomic E-state index is 0.00616. The molecule has 0 heterocycles. The van der Waals surface area contributed by atoms with Crippen LogP contribution in [0.1, 0.15) is 11.1 Å². The Balaban J connectivity index is 3.42. The Morgan fingerprint density at radius 2 is 2.20 bits per heavy atom. The number of benzene rings is 1. The number of nitro benzene ring substituents is 1. The molecule has 1 aromatic carbocycles. The zero-order chi connectivity index (χ0) is 11.4. The SMILES string of the molecule is Cc1cc(C#CC#N)c(N)c([N+](=O)[O-])c1. The first kappa shape index (κ1) is 10.6. The Kier molecular flexibility index (Phi) is 2.90. The van der Waals surface area contributed by atoms with E-state index < -0.39 is 4.92 Å². The van der Waals surface area contributed by atoms with Crippen molar-refractivity contribution in [2.45, 2.75) is 6.92 Å². The second-order valence-corrected chi connectivity index (χ2v) is 2.86. The minimum Gasteiger partial charge on any atom is -0.392 e. The number of nitrogens with two attached hydrogens (primary N) is 1. The molecule has 0 saturated heterocycles. The Morgan fingerprint density at radius 1 is 1.53 bits per heavy atom. The normalized spacial score (nSPS) is 8.53. The number of hydrogen-bond donors (Lipinski definition) is 1. The van der Waals surface area contributed by atoms with E-state index in [1.165, 1.54) is 6.07 Å². The number of nitrogens with zero attached hydrogens (tertiary/aromatic N) is 2. The summed E-state index contributed by atoms with van der Waals surface area (Å²) in [7, 11) is 0. The second-order valence-electron chi connectivity index (χ2n) is 2.86.